The summed E-state index contributed by atoms with van der Waals surface area (Å²) in [6, 6.07) is 69.2. The second-order valence-electron chi connectivity index (χ2n) is 14.8. The Balaban J connectivity index is 0.000000514. The molecule has 1 spiro atoms. The molecule has 0 saturated carbocycles. The van der Waals surface area contributed by atoms with Gasteiger partial charge in [0.15, 0.2) is 5.66 Å². The van der Waals surface area contributed by atoms with Crippen molar-refractivity contribution in [3.05, 3.63) is 233 Å². The molecular weight excluding hydrogens is 713 g/mol. The number of benzene rings is 8. The van der Waals surface area contributed by atoms with E-state index in [4.69, 9.17) is 11.5 Å². The molecule has 9 aromatic rings. The van der Waals surface area contributed by atoms with E-state index in [9.17, 15) is 0 Å². The Morgan fingerprint density at radius 3 is 1.89 bits per heavy atom. The molecule has 4 N–H and O–H groups in total. The third-order valence-electron chi connectivity index (χ3n) is 11.6. The van der Waals surface area contributed by atoms with Crippen molar-refractivity contribution >= 4 is 39.9 Å². The van der Waals surface area contributed by atoms with Crippen LogP contribution in [-0.4, -0.2) is 10.9 Å². The van der Waals surface area contributed by atoms with Crippen molar-refractivity contribution < 1.29 is 0 Å². The number of nitrogens with zero attached hydrogens (tertiary/aromatic N) is 2. The summed E-state index contributed by atoms with van der Waals surface area (Å²) in [5, 5.41) is 2.56. The molecule has 0 fully saturated rings. The Kier molecular flexibility index (Phi) is 8.44. The summed E-state index contributed by atoms with van der Waals surface area (Å²) in [5.41, 5.74) is 25.5. The molecule has 0 amide bonds. The zero-order valence-corrected chi connectivity index (χ0v) is 32.3. The van der Waals surface area contributed by atoms with Crippen LogP contribution in [0.25, 0.3) is 38.6 Å². The van der Waals surface area contributed by atoms with Gasteiger partial charge in [0.1, 0.15) is 0 Å². The van der Waals surface area contributed by atoms with Gasteiger partial charge in [-0.3, -0.25) is 5.73 Å². The number of fused-ring (bicyclic) bond motifs is 11. The Labute approximate surface area is 337 Å². The lowest BCUT2D eigenvalue weighted by Crippen LogP contribution is -2.37. The highest BCUT2D eigenvalue weighted by Crippen LogP contribution is 2.60. The van der Waals surface area contributed by atoms with Crippen LogP contribution in [0.15, 0.2) is 209 Å². The van der Waals surface area contributed by atoms with Crippen LogP contribution in [0.5, 0.6) is 0 Å². The maximum atomic E-state index is 6.90. The first-order valence-corrected chi connectivity index (χ1v) is 20.1. The smallest absolute Gasteiger partial charge is 0.161 e. The third-order valence-corrected chi connectivity index (χ3v) is 12.8. The molecule has 2 atom stereocenters. The van der Waals surface area contributed by atoms with Gasteiger partial charge in [-0.05, 0) is 75.7 Å². The number of aryl methyl sites for hydroxylation is 1. The Bertz CT molecular complexity index is 2970. The van der Waals surface area contributed by atoms with Crippen LogP contribution in [0.1, 0.15) is 38.9 Å². The lowest BCUT2D eigenvalue weighted by atomic mass is 9.62. The number of aliphatic imine (C=N–C) groups is 1. The highest BCUT2D eigenvalue weighted by atomic mass is 32.2. The maximum Gasteiger partial charge on any atom is 0.161 e. The summed E-state index contributed by atoms with van der Waals surface area (Å²) in [5.74, 6) is 0. The average Bonchev–Trinajstić information content (AvgIpc) is 3.61. The first kappa shape index (κ1) is 34.8. The average molecular weight is 753 g/mol. The van der Waals surface area contributed by atoms with E-state index in [0.717, 1.165) is 22.3 Å². The molecule has 2 aliphatic rings. The van der Waals surface area contributed by atoms with E-state index in [2.05, 4.69) is 162 Å². The maximum absolute atomic E-state index is 6.90. The van der Waals surface area contributed by atoms with Crippen LogP contribution in [0.2, 0.25) is 0 Å². The highest BCUT2D eigenvalue weighted by Gasteiger charge is 2.49. The number of rotatable bonds is 4. The summed E-state index contributed by atoms with van der Waals surface area (Å²) >= 11 is 1.86. The first-order chi connectivity index (χ1) is 28.0. The number of nitrogens with two attached hydrogens (primary N) is 2. The first-order valence-electron chi connectivity index (χ1n) is 19.3. The molecule has 0 radical (unpaired) electrons. The van der Waals surface area contributed by atoms with Gasteiger partial charge in [0, 0.05) is 20.6 Å². The van der Waals surface area contributed by atoms with E-state index in [1.165, 1.54) is 71.4 Å². The van der Waals surface area contributed by atoms with Crippen LogP contribution in [-0.2, 0) is 11.1 Å². The van der Waals surface area contributed by atoms with Crippen molar-refractivity contribution in [1.29, 1.82) is 0 Å². The van der Waals surface area contributed by atoms with Gasteiger partial charge in [-0.15, -0.1) is 0 Å². The molecule has 3 heterocycles. The van der Waals surface area contributed by atoms with E-state index in [1.807, 2.05) is 60.3 Å². The molecule has 1 aromatic heterocycles. The Morgan fingerprint density at radius 2 is 1.14 bits per heavy atom. The fourth-order valence-corrected chi connectivity index (χ4v) is 10.3. The molecule has 5 heteroatoms. The second kappa shape index (κ2) is 13.8. The van der Waals surface area contributed by atoms with Gasteiger partial charge in [0.05, 0.1) is 28.5 Å². The lowest BCUT2D eigenvalue weighted by molar-refractivity contribution is 0.573. The minimum absolute atomic E-state index is 0.491. The minimum atomic E-state index is -1.08. The summed E-state index contributed by atoms with van der Waals surface area (Å²) < 4.78 is 2.49. The van der Waals surface area contributed by atoms with Crippen molar-refractivity contribution in [3.8, 4) is 16.8 Å². The van der Waals surface area contributed by atoms with Crippen molar-refractivity contribution in [3.63, 3.8) is 0 Å². The van der Waals surface area contributed by atoms with Crippen molar-refractivity contribution in [2.75, 3.05) is 0 Å². The predicted octanol–water partition coefficient (Wildman–Crippen LogP) is 11.8. The van der Waals surface area contributed by atoms with Crippen LogP contribution in [0.3, 0.4) is 0 Å². The molecule has 0 saturated heterocycles. The standard InChI is InChI=1S/C45H32N4S.C7H8/c46-28-48-45(47,31-11-2-1-3-12-31)32-24-21-29(22-25-32)30-23-26-37-42(27-30)50-41-20-9-6-16-36(41)44(37)35-15-5-8-19-40(35)49-39-18-7-4-13-33(39)34-14-10-17-38(44)43(34)49;1-7-5-3-2-4-6-7/h1-28H,47H2,(H2,46,48);2-6H,1H3. The zero-order chi connectivity index (χ0) is 38.6. The fraction of sp³-hybridized carbons (Fsp3) is 0.0577. The largest absolute Gasteiger partial charge is 0.390 e. The van der Waals surface area contributed by atoms with Crippen molar-refractivity contribution in [1.82, 2.24) is 4.57 Å². The predicted molar refractivity (Wildman–Crippen MR) is 237 cm³/mol. The Morgan fingerprint density at radius 1 is 0.544 bits per heavy atom. The van der Waals surface area contributed by atoms with Gasteiger partial charge >= 0.3 is 0 Å². The quantitative estimate of drug-likeness (QED) is 0.139. The molecule has 57 heavy (non-hydrogen) atoms. The number of aromatic nitrogens is 1. The highest BCUT2D eigenvalue weighted by molar-refractivity contribution is 7.99. The van der Waals surface area contributed by atoms with Crippen molar-refractivity contribution in [2.45, 2.75) is 27.8 Å². The molecule has 8 aromatic carbocycles. The molecule has 4 nitrogen and oxygen atoms in total. The minimum Gasteiger partial charge on any atom is -0.390 e. The van der Waals surface area contributed by atoms with Crippen LogP contribution >= 0.6 is 11.8 Å². The van der Waals surface area contributed by atoms with Gasteiger partial charge in [-0.2, -0.15) is 0 Å². The number of para-hydroxylation sites is 3. The lowest BCUT2D eigenvalue weighted by Gasteiger charge is -2.45. The van der Waals surface area contributed by atoms with Gasteiger partial charge in [0.25, 0.3) is 0 Å². The van der Waals surface area contributed by atoms with E-state index in [0.29, 0.717) is 0 Å². The van der Waals surface area contributed by atoms with Gasteiger partial charge in [-0.1, -0.05) is 187 Å². The van der Waals surface area contributed by atoms with Gasteiger partial charge < -0.3 is 10.3 Å². The third kappa shape index (κ3) is 5.38. The summed E-state index contributed by atoms with van der Waals surface area (Å²) in [4.78, 5) is 7.05. The van der Waals surface area contributed by atoms with Gasteiger partial charge in [-0.25, -0.2) is 4.99 Å². The van der Waals surface area contributed by atoms with Gasteiger partial charge in [0.2, 0.25) is 0 Å². The Hall–Kier alpha value is -6.66. The normalized spacial score (nSPS) is 16.0. The van der Waals surface area contributed by atoms with E-state index < -0.39 is 11.1 Å². The zero-order valence-electron chi connectivity index (χ0n) is 31.5. The molecule has 11 rings (SSSR count). The van der Waals surface area contributed by atoms with Crippen LogP contribution in [0, 0.1) is 6.92 Å². The SMILES string of the molecule is Cc1ccccc1.N/C=N\C(N)(c1ccccc1)c1ccc(-c2ccc3c(c2)Sc2ccccc2C32c3ccccc3-n3c4ccccc4c4cccc2c43)cc1. The topological polar surface area (TPSA) is 69.3 Å². The molecule has 2 unspecified atom stereocenters. The van der Waals surface area contributed by atoms with Crippen LogP contribution in [0.4, 0.5) is 0 Å². The van der Waals surface area contributed by atoms with Crippen LogP contribution < -0.4 is 11.5 Å². The summed E-state index contributed by atoms with van der Waals surface area (Å²) in [7, 11) is 0. The summed E-state index contributed by atoms with van der Waals surface area (Å²) in [6.07, 6.45) is 1.29. The molecule has 0 aliphatic carbocycles. The number of hydrogen-bond donors (Lipinski definition) is 2. The number of hydrogen-bond acceptors (Lipinski definition) is 3. The van der Waals surface area contributed by atoms with E-state index in [-0.39, 0.29) is 0 Å². The monoisotopic (exact) mass is 752 g/mol. The molecular formula is C52H40N4S. The van der Waals surface area contributed by atoms with E-state index in [1.54, 1.807) is 0 Å². The second-order valence-corrected chi connectivity index (χ2v) is 15.9. The molecule has 2 aliphatic heterocycles. The molecule has 274 valence electrons. The fourth-order valence-electron chi connectivity index (χ4n) is 9.08. The summed E-state index contributed by atoms with van der Waals surface area (Å²) in [6.45, 7) is 2.08. The molecule has 0 bridgehead atoms. The van der Waals surface area contributed by atoms with Crippen molar-refractivity contribution in [2.24, 2.45) is 16.5 Å². The van der Waals surface area contributed by atoms with E-state index >= 15 is 0 Å².